The number of likely N-dealkylation sites (N-methyl/N-ethyl adjacent to an activating group) is 1. The number of nitrogens with zero attached hydrogens (tertiary/aromatic N) is 2. The standard InChI is InChI=1S/C18H24N4O3S/c1-21-9-16-15(21)10-22(16)26(24,25)20-18(23)19-17-13-6-2-4-11(13)8-12-5-3-7-14(12)17/h8,15-16H,2-7,9-10H2,1H3,(H2,19,20,23)/t15?,16-/m0/s1. The number of benzene rings is 1. The first kappa shape index (κ1) is 16.5. The van der Waals surface area contributed by atoms with Gasteiger partial charge in [-0.15, -0.1) is 0 Å². The Kier molecular flexibility index (Phi) is 3.61. The zero-order valence-corrected chi connectivity index (χ0v) is 15.7. The lowest BCUT2D eigenvalue weighted by molar-refractivity contribution is -0.0620. The second kappa shape index (κ2) is 5.68. The third-order valence-electron chi connectivity index (χ3n) is 6.46. The molecule has 2 aliphatic carbocycles. The van der Waals surface area contributed by atoms with E-state index in [0.717, 1.165) is 50.8 Å². The third kappa shape index (κ3) is 2.39. The van der Waals surface area contributed by atoms with Crippen LogP contribution in [-0.2, 0) is 35.9 Å². The highest BCUT2D eigenvalue weighted by Crippen LogP contribution is 2.38. The summed E-state index contributed by atoms with van der Waals surface area (Å²) in [6, 6.07) is 1.96. The van der Waals surface area contributed by atoms with Crippen molar-refractivity contribution in [3.63, 3.8) is 0 Å². The first-order valence-corrected chi connectivity index (χ1v) is 10.9. The van der Waals surface area contributed by atoms with Crippen molar-refractivity contribution in [2.24, 2.45) is 0 Å². The summed E-state index contributed by atoms with van der Waals surface area (Å²) in [5.41, 5.74) is 5.88. The quantitative estimate of drug-likeness (QED) is 0.826. The van der Waals surface area contributed by atoms with E-state index in [1.165, 1.54) is 26.6 Å². The molecular weight excluding hydrogens is 352 g/mol. The topological polar surface area (TPSA) is 81.8 Å². The Labute approximate surface area is 153 Å². The highest BCUT2D eigenvalue weighted by molar-refractivity contribution is 7.87. The van der Waals surface area contributed by atoms with E-state index in [2.05, 4.69) is 21.0 Å². The predicted octanol–water partition coefficient (Wildman–Crippen LogP) is 1.03. The van der Waals surface area contributed by atoms with Crippen LogP contribution in [0.5, 0.6) is 0 Å². The summed E-state index contributed by atoms with van der Waals surface area (Å²) in [6.45, 7) is 1.19. The van der Waals surface area contributed by atoms with Crippen molar-refractivity contribution in [1.29, 1.82) is 0 Å². The van der Waals surface area contributed by atoms with Crippen LogP contribution in [0.2, 0.25) is 0 Å². The van der Waals surface area contributed by atoms with Gasteiger partial charge in [0.05, 0.1) is 6.04 Å². The van der Waals surface area contributed by atoms with Gasteiger partial charge in [0.15, 0.2) is 0 Å². The number of carbonyl (C=O) groups excluding carboxylic acids is 1. The van der Waals surface area contributed by atoms with Gasteiger partial charge in [-0.05, 0) is 67.8 Å². The molecule has 7 nitrogen and oxygen atoms in total. The van der Waals surface area contributed by atoms with Crippen molar-refractivity contribution in [2.45, 2.75) is 50.6 Å². The molecule has 140 valence electrons. The number of nitrogens with one attached hydrogen (secondary N) is 2. The number of fused-ring (bicyclic) bond motifs is 3. The fourth-order valence-corrected chi connectivity index (χ4v) is 6.31. The largest absolute Gasteiger partial charge is 0.333 e. The molecule has 0 saturated carbocycles. The van der Waals surface area contributed by atoms with Crippen molar-refractivity contribution < 1.29 is 13.2 Å². The van der Waals surface area contributed by atoms with Crippen LogP contribution in [-0.4, -0.2) is 55.9 Å². The minimum atomic E-state index is -3.78. The lowest BCUT2D eigenvalue weighted by Gasteiger charge is -2.59. The number of hydrogen-bond donors (Lipinski definition) is 2. The summed E-state index contributed by atoms with van der Waals surface area (Å²) in [4.78, 5) is 14.6. The molecular formula is C18H24N4O3S. The molecule has 0 radical (unpaired) electrons. The number of rotatable bonds is 3. The van der Waals surface area contributed by atoms with E-state index in [4.69, 9.17) is 0 Å². The number of urea groups is 1. The summed E-state index contributed by atoms with van der Waals surface area (Å²) in [7, 11) is -1.79. The smallest absolute Gasteiger partial charge is 0.307 e. The van der Waals surface area contributed by atoms with Gasteiger partial charge in [-0.3, -0.25) is 4.90 Å². The Morgan fingerprint density at radius 3 is 2.23 bits per heavy atom. The molecule has 2 aliphatic heterocycles. The monoisotopic (exact) mass is 376 g/mol. The van der Waals surface area contributed by atoms with Gasteiger partial charge in [-0.25, -0.2) is 9.52 Å². The second-order valence-corrected chi connectivity index (χ2v) is 9.56. The zero-order chi connectivity index (χ0) is 18.1. The van der Waals surface area contributed by atoms with Crippen molar-refractivity contribution in [2.75, 3.05) is 25.5 Å². The molecule has 0 aromatic heterocycles. The first-order valence-electron chi connectivity index (χ1n) is 9.41. The maximum absolute atomic E-state index is 12.5. The Bertz CT molecular complexity index is 866. The van der Waals surface area contributed by atoms with Gasteiger partial charge in [0.25, 0.3) is 0 Å². The van der Waals surface area contributed by atoms with Gasteiger partial charge in [-0.1, -0.05) is 6.07 Å². The summed E-state index contributed by atoms with van der Waals surface area (Å²) < 4.78 is 28.6. The fourth-order valence-electron chi connectivity index (χ4n) is 4.99. The van der Waals surface area contributed by atoms with Crippen molar-refractivity contribution in [3.8, 4) is 0 Å². The normalized spacial score (nSPS) is 27.1. The van der Waals surface area contributed by atoms with E-state index >= 15 is 0 Å². The molecule has 2 N–H and O–H groups in total. The van der Waals surface area contributed by atoms with Gasteiger partial charge >= 0.3 is 16.2 Å². The molecule has 4 aliphatic rings. The zero-order valence-electron chi connectivity index (χ0n) is 14.9. The summed E-state index contributed by atoms with van der Waals surface area (Å²) in [6.07, 6.45) is 6.18. The molecule has 0 spiro atoms. The molecule has 2 heterocycles. The fraction of sp³-hybridized carbons (Fsp3) is 0.611. The summed E-state index contributed by atoms with van der Waals surface area (Å²) >= 11 is 0. The van der Waals surface area contributed by atoms with Gasteiger partial charge in [-0.2, -0.15) is 12.7 Å². The van der Waals surface area contributed by atoms with Crippen molar-refractivity contribution in [3.05, 3.63) is 28.3 Å². The van der Waals surface area contributed by atoms with Crippen LogP contribution < -0.4 is 10.0 Å². The van der Waals surface area contributed by atoms with E-state index in [9.17, 15) is 13.2 Å². The second-order valence-electron chi connectivity index (χ2n) is 7.94. The van der Waals surface area contributed by atoms with Gasteiger partial charge in [0.1, 0.15) is 0 Å². The third-order valence-corrected chi connectivity index (χ3v) is 7.94. The van der Waals surface area contributed by atoms with Crippen LogP contribution in [0.25, 0.3) is 0 Å². The molecule has 1 unspecified atom stereocenters. The van der Waals surface area contributed by atoms with E-state index < -0.39 is 16.2 Å². The van der Waals surface area contributed by atoms with Gasteiger partial charge in [0, 0.05) is 24.8 Å². The maximum Gasteiger partial charge on any atom is 0.333 e. The number of hydrogen-bond acceptors (Lipinski definition) is 4. The SMILES string of the molecule is CN1C[C@H]2C1CN2S(=O)(=O)NC(=O)Nc1c2c(cc3c1CCC3)CCC2. The molecule has 26 heavy (non-hydrogen) atoms. The maximum atomic E-state index is 12.5. The number of carbonyl (C=O) groups is 1. The number of anilines is 1. The Morgan fingerprint density at radius 2 is 1.69 bits per heavy atom. The number of likely N-dealkylation sites (tertiary alicyclic amines) is 1. The first-order chi connectivity index (χ1) is 12.4. The molecule has 8 heteroatoms. The van der Waals surface area contributed by atoms with E-state index in [0.29, 0.717) is 12.6 Å². The van der Waals surface area contributed by atoms with Crippen LogP contribution >= 0.6 is 0 Å². The van der Waals surface area contributed by atoms with Crippen LogP contribution in [0.3, 0.4) is 0 Å². The van der Waals surface area contributed by atoms with Crippen LogP contribution in [0.15, 0.2) is 6.07 Å². The number of amides is 2. The average molecular weight is 376 g/mol. The van der Waals surface area contributed by atoms with E-state index in [1.54, 1.807) is 0 Å². The predicted molar refractivity (Wildman–Crippen MR) is 98.5 cm³/mol. The molecule has 1 aromatic rings. The minimum absolute atomic E-state index is 0.00974. The van der Waals surface area contributed by atoms with Gasteiger partial charge < -0.3 is 5.32 Å². The molecule has 1 aromatic carbocycles. The number of piperazine rings is 1. The highest BCUT2D eigenvalue weighted by Gasteiger charge is 2.54. The Balaban J connectivity index is 1.34. The molecule has 2 fully saturated rings. The highest BCUT2D eigenvalue weighted by atomic mass is 32.2. The minimum Gasteiger partial charge on any atom is -0.307 e. The van der Waals surface area contributed by atoms with Crippen LogP contribution in [0.4, 0.5) is 10.5 Å². The lowest BCUT2D eigenvalue weighted by Crippen LogP contribution is -2.79. The molecule has 2 amide bonds. The lowest BCUT2D eigenvalue weighted by atomic mass is 9.90. The van der Waals surface area contributed by atoms with E-state index in [1.807, 2.05) is 7.05 Å². The van der Waals surface area contributed by atoms with Crippen LogP contribution in [0, 0.1) is 0 Å². The van der Waals surface area contributed by atoms with Crippen molar-refractivity contribution in [1.82, 2.24) is 13.9 Å². The summed E-state index contributed by atoms with van der Waals surface area (Å²) in [5.74, 6) is 0. The van der Waals surface area contributed by atoms with Crippen LogP contribution in [0.1, 0.15) is 35.1 Å². The molecule has 2 atom stereocenters. The Morgan fingerprint density at radius 1 is 1.04 bits per heavy atom. The molecule has 0 bridgehead atoms. The van der Waals surface area contributed by atoms with Gasteiger partial charge in [0.2, 0.25) is 0 Å². The number of aryl methyl sites for hydroxylation is 2. The molecule has 2 saturated heterocycles. The Hall–Kier alpha value is -1.64. The summed E-state index contributed by atoms with van der Waals surface area (Å²) in [5, 5.41) is 2.89. The van der Waals surface area contributed by atoms with E-state index in [-0.39, 0.29) is 6.04 Å². The molecule has 5 rings (SSSR count). The van der Waals surface area contributed by atoms with Crippen molar-refractivity contribution >= 4 is 21.9 Å². The average Bonchev–Trinajstić information content (AvgIpc) is 3.19.